The Kier molecular flexibility index (Phi) is 5.17. The van der Waals surface area contributed by atoms with Gasteiger partial charge in [-0.3, -0.25) is 4.79 Å². The van der Waals surface area contributed by atoms with Crippen molar-refractivity contribution in [1.82, 2.24) is 15.0 Å². The van der Waals surface area contributed by atoms with E-state index in [1.807, 2.05) is 30.3 Å². The van der Waals surface area contributed by atoms with Crippen LogP contribution in [0.3, 0.4) is 0 Å². The van der Waals surface area contributed by atoms with Gasteiger partial charge in [-0.2, -0.15) is 5.26 Å². The van der Waals surface area contributed by atoms with E-state index in [9.17, 15) is 10.1 Å². The summed E-state index contributed by atoms with van der Waals surface area (Å²) in [5, 5.41) is 18.6. The molecule has 3 heterocycles. The lowest BCUT2D eigenvalue weighted by molar-refractivity contribution is 0.329. The van der Waals surface area contributed by atoms with Crippen molar-refractivity contribution in [3.63, 3.8) is 0 Å². The normalized spacial score (nSPS) is 15.0. The lowest BCUT2D eigenvalue weighted by atomic mass is 9.87. The molecular weight excluding hydrogens is 442 g/mol. The van der Waals surface area contributed by atoms with Crippen LogP contribution in [0.4, 0.5) is 0 Å². The summed E-state index contributed by atoms with van der Waals surface area (Å²) >= 11 is 6.02. The second-order valence-corrected chi connectivity index (χ2v) is 7.85. The molecule has 2 N–H and O–H groups in total. The largest absolute Gasteiger partial charge is 0.459 e. The highest BCUT2D eigenvalue weighted by Crippen LogP contribution is 2.41. The molecule has 2 aromatic carbocycles. The zero-order valence-electron chi connectivity index (χ0n) is 17.1. The van der Waals surface area contributed by atoms with Crippen molar-refractivity contribution in [2.75, 3.05) is 0 Å². The summed E-state index contributed by atoms with van der Waals surface area (Å²) in [5.74, 6) is -0.343. The van der Waals surface area contributed by atoms with Gasteiger partial charge in [0.2, 0.25) is 17.1 Å². The Balaban J connectivity index is 1.55. The second kappa shape index (κ2) is 8.30. The van der Waals surface area contributed by atoms with Gasteiger partial charge in [0.25, 0.3) is 0 Å². The number of allylic oxidation sites excluding steroid dienone is 1. The molecule has 8 nitrogen and oxygen atoms in total. The standard InChI is InChI=1S/C24H16ClN5O3/c25-16-8-6-15(7-9-16)21-18(11-26)24(27)33-22-20(31)10-17(32-23(21)22)12-30-13-19(28-29-30)14-4-2-1-3-5-14/h1-10,13,21H,12,27H2. The first-order valence-corrected chi connectivity index (χ1v) is 10.4. The van der Waals surface area contributed by atoms with Gasteiger partial charge in [-0.15, -0.1) is 5.10 Å². The summed E-state index contributed by atoms with van der Waals surface area (Å²) < 4.78 is 13.1. The van der Waals surface area contributed by atoms with E-state index in [0.717, 1.165) is 5.56 Å². The maximum atomic E-state index is 12.9. The van der Waals surface area contributed by atoms with E-state index in [4.69, 9.17) is 26.5 Å². The Hall–Kier alpha value is -4.35. The molecule has 0 bridgehead atoms. The maximum absolute atomic E-state index is 12.9. The van der Waals surface area contributed by atoms with Crippen molar-refractivity contribution in [3.05, 3.63) is 111 Å². The van der Waals surface area contributed by atoms with E-state index >= 15 is 0 Å². The lowest BCUT2D eigenvalue weighted by Crippen LogP contribution is -2.25. The van der Waals surface area contributed by atoms with Crippen LogP contribution in [-0.2, 0) is 6.54 Å². The van der Waals surface area contributed by atoms with Crippen LogP contribution in [0.1, 0.15) is 23.0 Å². The van der Waals surface area contributed by atoms with Crippen molar-refractivity contribution in [2.45, 2.75) is 12.5 Å². The predicted molar refractivity (Wildman–Crippen MR) is 120 cm³/mol. The third-order valence-electron chi connectivity index (χ3n) is 5.26. The third-order valence-corrected chi connectivity index (χ3v) is 5.51. The lowest BCUT2D eigenvalue weighted by Gasteiger charge is -2.24. The number of aromatic nitrogens is 3. The molecule has 0 amide bonds. The monoisotopic (exact) mass is 457 g/mol. The van der Waals surface area contributed by atoms with Crippen LogP contribution >= 0.6 is 11.6 Å². The van der Waals surface area contributed by atoms with Gasteiger partial charge >= 0.3 is 0 Å². The molecule has 2 aromatic heterocycles. The highest BCUT2D eigenvalue weighted by atomic mass is 35.5. The van der Waals surface area contributed by atoms with Gasteiger partial charge in [0.1, 0.15) is 29.6 Å². The highest BCUT2D eigenvalue weighted by Gasteiger charge is 2.35. The van der Waals surface area contributed by atoms with Crippen LogP contribution in [-0.4, -0.2) is 15.0 Å². The number of nitrogens with zero attached hydrogens (tertiary/aromatic N) is 4. The molecule has 1 unspecified atom stereocenters. The Bertz CT molecular complexity index is 1470. The average molecular weight is 458 g/mol. The van der Waals surface area contributed by atoms with Crippen molar-refractivity contribution in [2.24, 2.45) is 5.73 Å². The number of hydrogen-bond donors (Lipinski definition) is 1. The number of nitriles is 1. The summed E-state index contributed by atoms with van der Waals surface area (Å²) in [6.45, 7) is 0.163. The number of benzene rings is 2. The summed E-state index contributed by atoms with van der Waals surface area (Å²) in [6.07, 6.45) is 1.76. The fourth-order valence-corrected chi connectivity index (χ4v) is 3.85. The average Bonchev–Trinajstić information content (AvgIpc) is 3.29. The molecule has 0 spiro atoms. The third kappa shape index (κ3) is 3.86. The molecule has 33 heavy (non-hydrogen) atoms. The Morgan fingerprint density at radius 3 is 2.64 bits per heavy atom. The minimum absolute atomic E-state index is 0.0428. The minimum atomic E-state index is -0.709. The first kappa shape index (κ1) is 20.5. The van der Waals surface area contributed by atoms with Crippen molar-refractivity contribution in [3.8, 4) is 23.1 Å². The quantitative estimate of drug-likeness (QED) is 0.494. The van der Waals surface area contributed by atoms with Crippen LogP contribution in [0.15, 0.2) is 87.5 Å². The van der Waals surface area contributed by atoms with Crippen molar-refractivity contribution in [1.29, 1.82) is 5.26 Å². The Labute approximate surface area is 193 Å². The van der Waals surface area contributed by atoms with E-state index in [1.165, 1.54) is 6.07 Å². The molecule has 0 fully saturated rings. The summed E-state index contributed by atoms with van der Waals surface area (Å²) in [7, 11) is 0. The molecule has 162 valence electrons. The van der Waals surface area contributed by atoms with E-state index in [-0.39, 0.29) is 29.5 Å². The Morgan fingerprint density at radius 2 is 1.91 bits per heavy atom. The molecular formula is C24H16ClN5O3. The zero-order valence-corrected chi connectivity index (χ0v) is 17.9. The first-order valence-electron chi connectivity index (χ1n) is 9.99. The molecule has 0 saturated carbocycles. The molecule has 5 rings (SSSR count). The number of ether oxygens (including phenoxy) is 1. The minimum Gasteiger partial charge on any atom is -0.459 e. The van der Waals surface area contributed by atoms with Crippen molar-refractivity contribution >= 4 is 11.6 Å². The van der Waals surface area contributed by atoms with Gasteiger partial charge in [0.15, 0.2) is 5.76 Å². The summed E-state index contributed by atoms with van der Waals surface area (Å²) in [4.78, 5) is 12.9. The van der Waals surface area contributed by atoms with Gasteiger partial charge in [0.05, 0.1) is 12.1 Å². The number of nitrogens with two attached hydrogens (primary N) is 1. The molecule has 4 aromatic rings. The predicted octanol–water partition coefficient (Wildman–Crippen LogP) is 3.82. The van der Waals surface area contributed by atoms with Gasteiger partial charge in [-0.25, -0.2) is 4.68 Å². The van der Waals surface area contributed by atoms with Gasteiger partial charge in [-0.1, -0.05) is 59.3 Å². The molecule has 0 saturated heterocycles. The fourth-order valence-electron chi connectivity index (χ4n) is 3.73. The fraction of sp³-hybridized carbons (Fsp3) is 0.0833. The van der Waals surface area contributed by atoms with E-state index in [1.54, 1.807) is 35.1 Å². The number of halogens is 1. The second-order valence-electron chi connectivity index (χ2n) is 7.41. The highest BCUT2D eigenvalue weighted by molar-refractivity contribution is 6.30. The molecule has 1 atom stereocenters. The molecule has 1 aliphatic heterocycles. The van der Waals surface area contributed by atoms with E-state index in [0.29, 0.717) is 22.0 Å². The summed E-state index contributed by atoms with van der Waals surface area (Å²) in [6, 6.07) is 19.9. The van der Waals surface area contributed by atoms with Crippen LogP contribution in [0.25, 0.3) is 11.3 Å². The maximum Gasteiger partial charge on any atom is 0.228 e. The van der Waals surface area contributed by atoms with Crippen LogP contribution in [0.2, 0.25) is 5.02 Å². The van der Waals surface area contributed by atoms with Crippen LogP contribution in [0.5, 0.6) is 5.75 Å². The number of fused-ring (bicyclic) bond motifs is 1. The zero-order chi connectivity index (χ0) is 22.9. The Morgan fingerprint density at radius 1 is 1.15 bits per heavy atom. The van der Waals surface area contributed by atoms with E-state index < -0.39 is 11.3 Å². The van der Waals surface area contributed by atoms with Gasteiger partial charge in [0, 0.05) is 16.7 Å². The van der Waals surface area contributed by atoms with Gasteiger partial charge < -0.3 is 14.9 Å². The molecule has 1 aliphatic rings. The number of hydrogen-bond acceptors (Lipinski definition) is 7. The molecule has 0 radical (unpaired) electrons. The van der Waals surface area contributed by atoms with Crippen molar-refractivity contribution < 1.29 is 9.15 Å². The molecule has 9 heteroatoms. The molecule has 0 aliphatic carbocycles. The van der Waals surface area contributed by atoms with E-state index in [2.05, 4.69) is 16.4 Å². The first-order chi connectivity index (χ1) is 16.0. The smallest absolute Gasteiger partial charge is 0.228 e. The van der Waals surface area contributed by atoms with Crippen LogP contribution < -0.4 is 15.9 Å². The topological polar surface area (TPSA) is 120 Å². The van der Waals surface area contributed by atoms with Crippen LogP contribution in [0, 0.1) is 11.3 Å². The summed E-state index contributed by atoms with van der Waals surface area (Å²) in [5.41, 5.74) is 8.01. The number of rotatable bonds is 4. The SMILES string of the molecule is N#CC1=C(N)Oc2c(oc(Cn3cc(-c4ccccc4)nn3)cc2=O)C1c1ccc(Cl)cc1. The van der Waals surface area contributed by atoms with Gasteiger partial charge in [-0.05, 0) is 17.7 Å².